The van der Waals surface area contributed by atoms with E-state index in [0.29, 0.717) is 23.8 Å². The Morgan fingerprint density at radius 2 is 1.91 bits per heavy atom. The number of aromatic hydroxyl groups is 1. The maximum atomic E-state index is 10.2. The zero-order chi connectivity index (χ0) is 15.6. The van der Waals surface area contributed by atoms with Gasteiger partial charge in [-0.25, -0.2) is 4.98 Å². The van der Waals surface area contributed by atoms with Crippen molar-refractivity contribution < 1.29 is 9.84 Å². The number of aromatic nitrogens is 3. The van der Waals surface area contributed by atoms with E-state index in [9.17, 15) is 5.11 Å². The third kappa shape index (κ3) is 2.80. The maximum absolute atomic E-state index is 10.2. The van der Waals surface area contributed by atoms with Crippen LogP contribution in [0.4, 0.5) is 0 Å². The number of benzene rings is 2. The Bertz CT molecular complexity index is 832. The lowest BCUT2D eigenvalue weighted by molar-refractivity contribution is 0.185. The lowest BCUT2D eigenvalue weighted by atomic mass is 10.0. The summed E-state index contributed by atoms with van der Waals surface area (Å²) >= 11 is 0. The third-order valence-corrected chi connectivity index (χ3v) is 3.99. The van der Waals surface area contributed by atoms with Gasteiger partial charge in [0.05, 0.1) is 12.8 Å². The van der Waals surface area contributed by atoms with E-state index in [4.69, 9.17) is 4.74 Å². The van der Waals surface area contributed by atoms with Crippen LogP contribution in [-0.2, 0) is 0 Å². The molecule has 0 bridgehead atoms. The van der Waals surface area contributed by atoms with Crippen molar-refractivity contribution in [2.45, 2.75) is 0 Å². The average molecular weight is 308 g/mol. The van der Waals surface area contributed by atoms with Gasteiger partial charge in [-0.05, 0) is 22.9 Å². The van der Waals surface area contributed by atoms with Crippen LogP contribution in [0.15, 0.2) is 42.6 Å². The summed E-state index contributed by atoms with van der Waals surface area (Å²) in [6.45, 7) is 2.53. The molecule has 1 aliphatic rings. The summed E-state index contributed by atoms with van der Waals surface area (Å²) in [4.78, 5) is 4.18. The first-order valence-corrected chi connectivity index (χ1v) is 7.55. The highest BCUT2D eigenvalue weighted by Gasteiger charge is 2.18. The van der Waals surface area contributed by atoms with Crippen LogP contribution in [0.25, 0.3) is 22.0 Å². The fourth-order valence-electron chi connectivity index (χ4n) is 2.55. The first-order valence-electron chi connectivity index (χ1n) is 7.55. The molecule has 0 atom stereocenters. The number of nitrogens with zero attached hydrogens (tertiary/aromatic N) is 3. The van der Waals surface area contributed by atoms with Gasteiger partial charge < -0.3 is 15.2 Å². The molecule has 4 rings (SSSR count). The Balaban J connectivity index is 1.58. The number of hydrogen-bond donors (Lipinski definition) is 2. The molecule has 0 radical (unpaired) electrons. The van der Waals surface area contributed by atoms with Gasteiger partial charge in [0, 0.05) is 24.6 Å². The Kier molecular flexibility index (Phi) is 3.51. The summed E-state index contributed by atoms with van der Waals surface area (Å²) in [6, 6.07) is 11.7. The molecule has 0 aliphatic carbocycles. The summed E-state index contributed by atoms with van der Waals surface area (Å²) in [5, 5.41) is 23.5. The molecule has 0 saturated carbocycles. The molecule has 6 heteroatoms. The average Bonchev–Trinajstić information content (AvgIpc) is 2.53. The SMILES string of the molecule is Oc1cc2ccccc2cc1-c1cnc(OCC2CNC2)nn1. The lowest BCUT2D eigenvalue weighted by Crippen LogP contribution is -2.45. The van der Waals surface area contributed by atoms with Crippen molar-refractivity contribution >= 4 is 10.8 Å². The van der Waals surface area contributed by atoms with E-state index < -0.39 is 0 Å². The molecule has 23 heavy (non-hydrogen) atoms. The second-order valence-electron chi connectivity index (χ2n) is 5.68. The fourth-order valence-corrected chi connectivity index (χ4v) is 2.55. The minimum absolute atomic E-state index is 0.161. The predicted molar refractivity (Wildman–Crippen MR) is 86.3 cm³/mol. The van der Waals surface area contributed by atoms with Gasteiger partial charge in [-0.1, -0.05) is 29.4 Å². The molecule has 3 aromatic rings. The van der Waals surface area contributed by atoms with Gasteiger partial charge >= 0.3 is 6.01 Å². The Morgan fingerprint density at radius 3 is 2.57 bits per heavy atom. The van der Waals surface area contributed by atoms with Crippen LogP contribution in [0.3, 0.4) is 0 Å². The molecule has 1 saturated heterocycles. The molecule has 1 aliphatic heterocycles. The van der Waals surface area contributed by atoms with Crippen LogP contribution in [0.1, 0.15) is 0 Å². The number of fused-ring (bicyclic) bond motifs is 1. The normalized spacial score (nSPS) is 14.6. The van der Waals surface area contributed by atoms with Crippen LogP contribution in [0.2, 0.25) is 0 Å². The van der Waals surface area contributed by atoms with Crippen LogP contribution in [0.5, 0.6) is 11.8 Å². The predicted octanol–water partition coefficient (Wildman–Crippen LogP) is 2.00. The molecule has 1 aromatic heterocycles. The summed E-state index contributed by atoms with van der Waals surface area (Å²) < 4.78 is 5.51. The number of rotatable bonds is 4. The van der Waals surface area contributed by atoms with Gasteiger partial charge in [0.2, 0.25) is 0 Å². The van der Waals surface area contributed by atoms with Crippen molar-refractivity contribution in [3.8, 4) is 23.0 Å². The zero-order valence-corrected chi connectivity index (χ0v) is 12.4. The van der Waals surface area contributed by atoms with Crippen molar-refractivity contribution in [1.29, 1.82) is 0 Å². The molecule has 0 spiro atoms. The highest BCUT2D eigenvalue weighted by atomic mass is 16.5. The first-order chi connectivity index (χ1) is 11.3. The van der Waals surface area contributed by atoms with Crippen molar-refractivity contribution in [3.05, 3.63) is 42.6 Å². The minimum Gasteiger partial charge on any atom is -0.507 e. The van der Waals surface area contributed by atoms with E-state index in [2.05, 4.69) is 20.5 Å². The maximum Gasteiger partial charge on any atom is 0.335 e. The number of hydrogen-bond acceptors (Lipinski definition) is 6. The van der Waals surface area contributed by atoms with Crippen LogP contribution >= 0.6 is 0 Å². The van der Waals surface area contributed by atoms with E-state index in [1.54, 1.807) is 12.3 Å². The van der Waals surface area contributed by atoms with E-state index in [-0.39, 0.29) is 11.8 Å². The number of phenols is 1. The van der Waals surface area contributed by atoms with Crippen molar-refractivity contribution in [1.82, 2.24) is 20.5 Å². The van der Waals surface area contributed by atoms with Gasteiger partial charge in [-0.3, -0.25) is 0 Å². The molecule has 116 valence electrons. The highest BCUT2D eigenvalue weighted by Crippen LogP contribution is 2.31. The van der Waals surface area contributed by atoms with Crippen LogP contribution in [-0.4, -0.2) is 40.0 Å². The largest absolute Gasteiger partial charge is 0.507 e. The topological polar surface area (TPSA) is 80.2 Å². The molecule has 2 N–H and O–H groups in total. The smallest absolute Gasteiger partial charge is 0.335 e. The van der Waals surface area contributed by atoms with E-state index in [0.717, 1.165) is 23.9 Å². The van der Waals surface area contributed by atoms with Gasteiger partial charge in [0.1, 0.15) is 11.4 Å². The zero-order valence-electron chi connectivity index (χ0n) is 12.4. The van der Waals surface area contributed by atoms with Crippen molar-refractivity contribution in [2.24, 2.45) is 5.92 Å². The number of phenolic OH excluding ortho intramolecular Hbond substituents is 1. The third-order valence-electron chi connectivity index (χ3n) is 3.99. The number of nitrogens with one attached hydrogen (secondary N) is 1. The van der Waals surface area contributed by atoms with Crippen molar-refractivity contribution in [2.75, 3.05) is 19.7 Å². The standard InChI is InChI=1S/C17H16N4O2/c22-16-6-13-4-2-1-3-12(13)5-14(16)15-9-19-17(21-20-15)23-10-11-7-18-8-11/h1-6,9,11,18,22H,7-8,10H2. The lowest BCUT2D eigenvalue weighted by Gasteiger charge is -2.26. The summed E-state index contributed by atoms with van der Waals surface area (Å²) in [6.07, 6.45) is 1.57. The molecule has 0 unspecified atom stereocenters. The van der Waals surface area contributed by atoms with Crippen molar-refractivity contribution in [3.63, 3.8) is 0 Å². The quantitative estimate of drug-likeness (QED) is 0.767. The Labute approximate surface area is 133 Å². The van der Waals surface area contributed by atoms with E-state index >= 15 is 0 Å². The fraction of sp³-hybridized carbons (Fsp3) is 0.235. The van der Waals surface area contributed by atoms with Gasteiger partial charge in [-0.15, -0.1) is 5.10 Å². The van der Waals surface area contributed by atoms with E-state index in [1.165, 1.54) is 0 Å². The molecular weight excluding hydrogens is 292 g/mol. The second-order valence-corrected chi connectivity index (χ2v) is 5.68. The Hall–Kier alpha value is -2.73. The minimum atomic E-state index is 0.161. The van der Waals surface area contributed by atoms with Crippen LogP contribution < -0.4 is 10.1 Å². The van der Waals surface area contributed by atoms with Gasteiger partial charge in [-0.2, -0.15) is 0 Å². The molecule has 1 fully saturated rings. The summed E-state index contributed by atoms with van der Waals surface area (Å²) in [5.41, 5.74) is 1.13. The van der Waals surface area contributed by atoms with E-state index in [1.807, 2.05) is 30.3 Å². The first kappa shape index (κ1) is 13.9. The second kappa shape index (κ2) is 5.81. The Morgan fingerprint density at radius 1 is 1.13 bits per heavy atom. The molecule has 0 amide bonds. The summed E-state index contributed by atoms with van der Waals surface area (Å²) in [5.74, 6) is 0.678. The monoisotopic (exact) mass is 308 g/mol. The summed E-state index contributed by atoms with van der Waals surface area (Å²) in [7, 11) is 0. The molecule has 6 nitrogen and oxygen atoms in total. The molecule has 2 heterocycles. The molecule has 2 aromatic carbocycles. The number of ether oxygens (including phenoxy) is 1. The molecular formula is C17H16N4O2. The van der Waals surface area contributed by atoms with Crippen LogP contribution in [0, 0.1) is 5.92 Å². The highest BCUT2D eigenvalue weighted by molar-refractivity contribution is 5.89. The van der Waals surface area contributed by atoms with Gasteiger partial charge in [0.15, 0.2) is 0 Å². The van der Waals surface area contributed by atoms with Gasteiger partial charge in [0.25, 0.3) is 0 Å².